The lowest BCUT2D eigenvalue weighted by Crippen LogP contribution is -2.12. The van der Waals surface area contributed by atoms with Crippen LogP contribution in [-0.2, 0) is 9.53 Å². The van der Waals surface area contributed by atoms with Crippen LogP contribution in [-0.4, -0.2) is 24.3 Å². The second kappa shape index (κ2) is 8.84. The molecular formula is C21H30O3. The van der Waals surface area contributed by atoms with Gasteiger partial charge in [-0.15, -0.1) is 0 Å². The number of aliphatic carboxylic acids is 1. The molecule has 1 unspecified atom stereocenters. The van der Waals surface area contributed by atoms with Crippen molar-refractivity contribution in [2.75, 3.05) is 7.11 Å². The summed E-state index contributed by atoms with van der Waals surface area (Å²) in [6.45, 7) is 10.5. The Morgan fingerprint density at radius 2 is 1.92 bits per heavy atom. The van der Waals surface area contributed by atoms with E-state index in [9.17, 15) is 4.79 Å². The van der Waals surface area contributed by atoms with Crippen molar-refractivity contribution in [2.24, 2.45) is 5.41 Å². The zero-order chi connectivity index (χ0) is 18.3. The normalized spacial score (nSPS) is 20.4. The molecule has 1 aliphatic carbocycles. The van der Waals surface area contributed by atoms with Crippen LogP contribution in [0.5, 0.6) is 0 Å². The van der Waals surface area contributed by atoms with Crippen LogP contribution in [0, 0.1) is 5.41 Å². The fourth-order valence-corrected chi connectivity index (χ4v) is 2.91. The average Bonchev–Trinajstić information content (AvgIpc) is 2.78. The third kappa shape index (κ3) is 5.97. The molecule has 0 saturated heterocycles. The van der Waals surface area contributed by atoms with Crippen molar-refractivity contribution in [3.8, 4) is 0 Å². The number of carboxylic acid groups (broad SMARTS) is 1. The first-order valence-corrected chi connectivity index (χ1v) is 8.38. The van der Waals surface area contributed by atoms with E-state index >= 15 is 0 Å². The Kier molecular flexibility index (Phi) is 7.43. The van der Waals surface area contributed by atoms with Crippen LogP contribution in [0.25, 0.3) is 0 Å². The molecule has 0 aromatic heterocycles. The van der Waals surface area contributed by atoms with E-state index in [0.717, 1.165) is 18.4 Å². The Labute approximate surface area is 146 Å². The van der Waals surface area contributed by atoms with Gasteiger partial charge in [-0.1, -0.05) is 49.8 Å². The fraction of sp³-hybridized carbons (Fsp3) is 0.476. The van der Waals surface area contributed by atoms with Crippen LogP contribution in [0.1, 0.15) is 47.5 Å². The molecule has 0 aromatic rings. The van der Waals surface area contributed by atoms with Crippen molar-refractivity contribution in [3.63, 3.8) is 0 Å². The summed E-state index contributed by atoms with van der Waals surface area (Å²) in [4.78, 5) is 10.6. The highest BCUT2D eigenvalue weighted by atomic mass is 16.5. The largest absolute Gasteiger partial charge is 0.478 e. The summed E-state index contributed by atoms with van der Waals surface area (Å²) >= 11 is 0. The van der Waals surface area contributed by atoms with Crippen molar-refractivity contribution in [3.05, 3.63) is 58.7 Å². The topological polar surface area (TPSA) is 46.5 Å². The number of hydrogen-bond donors (Lipinski definition) is 1. The van der Waals surface area contributed by atoms with E-state index in [-0.39, 0.29) is 11.5 Å². The van der Waals surface area contributed by atoms with E-state index in [1.165, 1.54) is 17.2 Å². The molecule has 3 heteroatoms. The second-order valence-electron chi connectivity index (χ2n) is 7.03. The Balaban J connectivity index is 2.91. The smallest absolute Gasteiger partial charge is 0.328 e. The molecular weight excluding hydrogens is 300 g/mol. The van der Waals surface area contributed by atoms with E-state index in [2.05, 4.69) is 32.9 Å². The van der Waals surface area contributed by atoms with Gasteiger partial charge in [0.1, 0.15) is 0 Å². The first-order chi connectivity index (χ1) is 11.2. The van der Waals surface area contributed by atoms with Crippen LogP contribution < -0.4 is 0 Å². The van der Waals surface area contributed by atoms with Crippen LogP contribution in [0.3, 0.4) is 0 Å². The second-order valence-corrected chi connectivity index (χ2v) is 7.03. The van der Waals surface area contributed by atoms with Crippen molar-refractivity contribution >= 4 is 5.97 Å². The minimum Gasteiger partial charge on any atom is -0.478 e. The zero-order valence-corrected chi connectivity index (χ0v) is 15.7. The highest BCUT2D eigenvalue weighted by molar-refractivity contribution is 5.81. The SMILES string of the molecule is COC(C)C1=C(/C=C/C(C)=C/C=C/C(C)=C/C(=O)O)C(C)(C)CC1. The number of hydrogen-bond acceptors (Lipinski definition) is 2. The van der Waals surface area contributed by atoms with Gasteiger partial charge in [0.15, 0.2) is 0 Å². The minimum absolute atomic E-state index is 0.152. The van der Waals surface area contributed by atoms with Crippen LogP contribution >= 0.6 is 0 Å². The molecule has 1 atom stereocenters. The zero-order valence-electron chi connectivity index (χ0n) is 15.7. The van der Waals surface area contributed by atoms with E-state index in [4.69, 9.17) is 9.84 Å². The highest BCUT2D eigenvalue weighted by Gasteiger charge is 2.32. The van der Waals surface area contributed by atoms with Gasteiger partial charge in [0, 0.05) is 13.2 Å². The van der Waals surface area contributed by atoms with Gasteiger partial charge in [0.05, 0.1) is 6.10 Å². The molecule has 0 aromatic carbocycles. The molecule has 1 rings (SSSR count). The first-order valence-electron chi connectivity index (χ1n) is 8.38. The summed E-state index contributed by atoms with van der Waals surface area (Å²) in [5, 5.41) is 8.68. The predicted molar refractivity (Wildman–Crippen MR) is 99.9 cm³/mol. The average molecular weight is 330 g/mol. The minimum atomic E-state index is -0.923. The Hall–Kier alpha value is -1.87. The molecule has 0 radical (unpaired) electrons. The molecule has 3 nitrogen and oxygen atoms in total. The van der Waals surface area contributed by atoms with E-state index in [1.54, 1.807) is 20.1 Å². The third-order valence-corrected chi connectivity index (χ3v) is 4.52. The van der Waals surface area contributed by atoms with Gasteiger partial charge < -0.3 is 9.84 Å². The van der Waals surface area contributed by atoms with E-state index in [1.807, 2.05) is 19.1 Å². The summed E-state index contributed by atoms with van der Waals surface area (Å²) < 4.78 is 5.52. The first kappa shape index (κ1) is 20.2. The van der Waals surface area contributed by atoms with Crippen molar-refractivity contribution in [1.82, 2.24) is 0 Å². The fourth-order valence-electron chi connectivity index (χ4n) is 2.91. The van der Waals surface area contributed by atoms with Crippen LogP contribution in [0.2, 0.25) is 0 Å². The highest BCUT2D eigenvalue weighted by Crippen LogP contribution is 2.44. The summed E-state index contributed by atoms with van der Waals surface area (Å²) in [5.41, 5.74) is 4.77. The van der Waals surface area contributed by atoms with E-state index < -0.39 is 5.97 Å². The quantitative estimate of drug-likeness (QED) is 0.514. The van der Waals surface area contributed by atoms with Gasteiger partial charge in [-0.2, -0.15) is 0 Å². The van der Waals surface area contributed by atoms with Crippen molar-refractivity contribution < 1.29 is 14.6 Å². The Bertz CT molecular complexity index is 613. The van der Waals surface area contributed by atoms with Gasteiger partial charge in [-0.25, -0.2) is 4.79 Å². The number of rotatable bonds is 7. The molecule has 0 saturated carbocycles. The molecule has 132 valence electrons. The van der Waals surface area contributed by atoms with Crippen LogP contribution in [0.15, 0.2) is 58.7 Å². The lowest BCUT2D eigenvalue weighted by atomic mass is 9.84. The number of carbonyl (C=O) groups is 1. The van der Waals surface area contributed by atoms with Gasteiger partial charge in [-0.05, 0) is 55.7 Å². The molecule has 0 fully saturated rings. The summed E-state index contributed by atoms with van der Waals surface area (Å²) in [5.74, 6) is -0.923. The number of allylic oxidation sites excluding steroid dienone is 8. The standard InChI is InChI=1S/C21H30O3/c1-15(8-7-9-16(2)14-20(22)23)10-11-19-18(17(3)24-6)12-13-21(19,4)5/h7-11,14,17H,12-13H2,1-6H3,(H,22,23)/b9-7+,11-10+,15-8+,16-14+. The summed E-state index contributed by atoms with van der Waals surface area (Å²) in [6, 6.07) is 0. The maximum absolute atomic E-state index is 10.6. The molecule has 0 spiro atoms. The third-order valence-electron chi connectivity index (χ3n) is 4.52. The summed E-state index contributed by atoms with van der Waals surface area (Å²) in [6.07, 6.45) is 13.6. The maximum Gasteiger partial charge on any atom is 0.328 e. The van der Waals surface area contributed by atoms with Gasteiger partial charge in [0.2, 0.25) is 0 Å². The molecule has 0 amide bonds. The van der Waals surface area contributed by atoms with Gasteiger partial charge >= 0.3 is 5.97 Å². The molecule has 0 bridgehead atoms. The van der Waals surface area contributed by atoms with Gasteiger partial charge in [0.25, 0.3) is 0 Å². The molecule has 1 aliphatic rings. The molecule has 0 heterocycles. The monoisotopic (exact) mass is 330 g/mol. The predicted octanol–water partition coefficient (Wildman–Crippen LogP) is 5.23. The lowest BCUT2D eigenvalue weighted by Gasteiger charge is -2.21. The van der Waals surface area contributed by atoms with Crippen molar-refractivity contribution in [2.45, 2.75) is 53.6 Å². The van der Waals surface area contributed by atoms with Crippen molar-refractivity contribution in [1.29, 1.82) is 0 Å². The summed E-state index contributed by atoms with van der Waals surface area (Å²) in [7, 11) is 1.76. The maximum atomic E-state index is 10.6. The Morgan fingerprint density at radius 3 is 2.50 bits per heavy atom. The van der Waals surface area contributed by atoms with Crippen LogP contribution in [0.4, 0.5) is 0 Å². The number of methoxy groups -OCH3 is 1. The molecule has 24 heavy (non-hydrogen) atoms. The molecule has 1 N–H and O–H groups in total. The molecule has 0 aliphatic heterocycles. The lowest BCUT2D eigenvalue weighted by molar-refractivity contribution is -0.131. The number of carboxylic acids is 1. The number of ether oxygens (including phenoxy) is 1. The van der Waals surface area contributed by atoms with Gasteiger partial charge in [-0.3, -0.25) is 0 Å². The Morgan fingerprint density at radius 1 is 1.25 bits per heavy atom. The van der Waals surface area contributed by atoms with E-state index in [0.29, 0.717) is 5.57 Å².